The summed E-state index contributed by atoms with van der Waals surface area (Å²) in [5.41, 5.74) is 9.60. The summed E-state index contributed by atoms with van der Waals surface area (Å²) in [5, 5.41) is 4.71. The third-order valence-electron chi connectivity index (χ3n) is 8.04. The molecular weight excluding hydrogens is 510 g/mol. The van der Waals surface area contributed by atoms with Gasteiger partial charge in [0.2, 0.25) is 0 Å². The number of para-hydroxylation sites is 3. The first-order chi connectivity index (χ1) is 20.8. The first-order valence-corrected chi connectivity index (χ1v) is 14.3. The molecule has 0 aliphatic heterocycles. The summed E-state index contributed by atoms with van der Waals surface area (Å²) in [5.74, 6) is 0. The van der Waals surface area contributed by atoms with Crippen LogP contribution < -0.4 is 4.90 Å². The fourth-order valence-corrected chi connectivity index (χ4v) is 6.04. The Morgan fingerprint density at radius 3 is 2.00 bits per heavy atom. The molecule has 8 rings (SSSR count). The van der Waals surface area contributed by atoms with Gasteiger partial charge in [0.1, 0.15) is 5.58 Å². The van der Waals surface area contributed by atoms with Gasteiger partial charge in [0.05, 0.1) is 11.4 Å². The number of nitrogens with zero attached hydrogens (tertiary/aromatic N) is 1. The van der Waals surface area contributed by atoms with E-state index in [9.17, 15) is 0 Å². The van der Waals surface area contributed by atoms with Crippen LogP contribution in [0.5, 0.6) is 0 Å². The Morgan fingerprint density at radius 2 is 1.07 bits per heavy atom. The Labute approximate surface area is 244 Å². The highest BCUT2D eigenvalue weighted by atomic mass is 16.3. The minimum absolute atomic E-state index is 0.873. The van der Waals surface area contributed by atoms with E-state index in [1.807, 2.05) is 12.1 Å². The standard InChI is InChI=1S/C40H27NO/c1-2-13-29(14-3-1)34-18-6-8-21-37(34)41(38-22-11-20-36-35-19-7-9-23-39(35)42-40(36)38)33-17-10-16-31(27-33)32-25-24-28-12-4-5-15-30(28)26-32/h1-27H. The topological polar surface area (TPSA) is 16.4 Å². The summed E-state index contributed by atoms with van der Waals surface area (Å²) in [6.45, 7) is 0. The second-order valence-corrected chi connectivity index (χ2v) is 10.6. The van der Waals surface area contributed by atoms with Gasteiger partial charge >= 0.3 is 0 Å². The molecule has 0 N–H and O–H groups in total. The Bertz CT molecular complexity index is 2210. The molecule has 2 nitrogen and oxygen atoms in total. The molecule has 0 fully saturated rings. The molecule has 7 aromatic carbocycles. The zero-order valence-corrected chi connectivity index (χ0v) is 22.9. The molecular formula is C40H27NO. The SMILES string of the molecule is c1ccc(-c2ccccc2N(c2cccc(-c3ccc4ccccc4c3)c2)c2cccc3c2oc2ccccc23)cc1. The van der Waals surface area contributed by atoms with Crippen molar-refractivity contribution in [2.75, 3.05) is 4.90 Å². The van der Waals surface area contributed by atoms with Crippen LogP contribution in [0.3, 0.4) is 0 Å². The van der Waals surface area contributed by atoms with E-state index in [0.29, 0.717) is 0 Å². The van der Waals surface area contributed by atoms with Gasteiger partial charge in [-0.2, -0.15) is 0 Å². The lowest BCUT2D eigenvalue weighted by Crippen LogP contribution is -2.11. The Hall–Kier alpha value is -5.60. The molecule has 0 atom stereocenters. The number of anilines is 3. The molecule has 1 aromatic heterocycles. The van der Waals surface area contributed by atoms with Gasteiger partial charge in [-0.25, -0.2) is 0 Å². The van der Waals surface area contributed by atoms with Crippen molar-refractivity contribution in [1.82, 2.24) is 0 Å². The molecule has 1 heterocycles. The third kappa shape index (κ3) is 4.13. The van der Waals surface area contributed by atoms with Crippen LogP contribution in [0.15, 0.2) is 168 Å². The highest BCUT2D eigenvalue weighted by Crippen LogP contribution is 2.45. The number of rotatable bonds is 5. The van der Waals surface area contributed by atoms with Crippen molar-refractivity contribution >= 4 is 49.8 Å². The minimum atomic E-state index is 0.873. The van der Waals surface area contributed by atoms with Gasteiger partial charge in [-0.05, 0) is 63.9 Å². The van der Waals surface area contributed by atoms with Crippen molar-refractivity contribution in [2.45, 2.75) is 0 Å². The van der Waals surface area contributed by atoms with Gasteiger partial charge in [-0.15, -0.1) is 0 Å². The van der Waals surface area contributed by atoms with Crippen LogP contribution in [0.4, 0.5) is 17.1 Å². The van der Waals surface area contributed by atoms with Gasteiger partial charge in [-0.3, -0.25) is 0 Å². The number of fused-ring (bicyclic) bond motifs is 4. The molecule has 0 aliphatic rings. The van der Waals surface area contributed by atoms with Crippen molar-refractivity contribution in [3.8, 4) is 22.3 Å². The maximum atomic E-state index is 6.57. The molecule has 0 unspecified atom stereocenters. The molecule has 0 spiro atoms. The molecule has 0 saturated carbocycles. The Balaban J connectivity index is 1.38. The first kappa shape index (κ1) is 24.2. The van der Waals surface area contributed by atoms with Crippen LogP contribution in [0.2, 0.25) is 0 Å². The summed E-state index contributed by atoms with van der Waals surface area (Å²) in [6.07, 6.45) is 0. The lowest BCUT2D eigenvalue weighted by Gasteiger charge is -2.28. The normalized spacial score (nSPS) is 11.3. The van der Waals surface area contributed by atoms with Gasteiger partial charge in [0.15, 0.2) is 5.58 Å². The fourth-order valence-electron chi connectivity index (χ4n) is 6.04. The van der Waals surface area contributed by atoms with Crippen LogP contribution in [0.1, 0.15) is 0 Å². The van der Waals surface area contributed by atoms with E-state index in [0.717, 1.165) is 50.1 Å². The third-order valence-corrected chi connectivity index (χ3v) is 8.04. The highest BCUT2D eigenvalue weighted by Gasteiger charge is 2.22. The molecule has 0 saturated heterocycles. The highest BCUT2D eigenvalue weighted by molar-refractivity contribution is 6.10. The Kier molecular flexibility index (Phi) is 5.82. The monoisotopic (exact) mass is 537 g/mol. The Morgan fingerprint density at radius 1 is 0.405 bits per heavy atom. The van der Waals surface area contributed by atoms with E-state index in [1.165, 1.54) is 21.9 Å². The fraction of sp³-hybridized carbons (Fsp3) is 0. The average Bonchev–Trinajstić information content (AvgIpc) is 3.45. The van der Waals surface area contributed by atoms with Crippen LogP contribution in [-0.2, 0) is 0 Å². The summed E-state index contributed by atoms with van der Waals surface area (Å²) >= 11 is 0. The summed E-state index contributed by atoms with van der Waals surface area (Å²) in [4.78, 5) is 2.34. The molecule has 0 radical (unpaired) electrons. The van der Waals surface area contributed by atoms with Crippen molar-refractivity contribution in [3.63, 3.8) is 0 Å². The molecule has 2 heteroatoms. The van der Waals surface area contributed by atoms with Gasteiger partial charge in [0.25, 0.3) is 0 Å². The van der Waals surface area contributed by atoms with E-state index in [4.69, 9.17) is 4.42 Å². The van der Waals surface area contributed by atoms with Gasteiger partial charge < -0.3 is 9.32 Å². The average molecular weight is 538 g/mol. The van der Waals surface area contributed by atoms with E-state index < -0.39 is 0 Å². The number of hydrogen-bond acceptors (Lipinski definition) is 2. The molecule has 42 heavy (non-hydrogen) atoms. The van der Waals surface area contributed by atoms with Crippen LogP contribution >= 0.6 is 0 Å². The van der Waals surface area contributed by atoms with Gasteiger partial charge in [-0.1, -0.05) is 127 Å². The first-order valence-electron chi connectivity index (χ1n) is 14.3. The number of furan rings is 1. The van der Waals surface area contributed by atoms with E-state index in [1.54, 1.807) is 0 Å². The maximum Gasteiger partial charge on any atom is 0.159 e. The van der Waals surface area contributed by atoms with Crippen LogP contribution in [-0.4, -0.2) is 0 Å². The van der Waals surface area contributed by atoms with E-state index in [-0.39, 0.29) is 0 Å². The zero-order chi connectivity index (χ0) is 27.9. The van der Waals surface area contributed by atoms with Crippen LogP contribution in [0.25, 0.3) is 55.0 Å². The lowest BCUT2D eigenvalue weighted by atomic mass is 9.99. The smallest absolute Gasteiger partial charge is 0.159 e. The van der Waals surface area contributed by atoms with E-state index in [2.05, 4.69) is 157 Å². The second-order valence-electron chi connectivity index (χ2n) is 10.6. The van der Waals surface area contributed by atoms with Crippen molar-refractivity contribution in [2.24, 2.45) is 0 Å². The minimum Gasteiger partial charge on any atom is -0.454 e. The molecule has 0 bridgehead atoms. The second kappa shape index (κ2) is 10.1. The number of hydrogen-bond donors (Lipinski definition) is 0. The quantitative estimate of drug-likeness (QED) is 0.217. The van der Waals surface area contributed by atoms with Crippen LogP contribution in [0, 0.1) is 0 Å². The predicted molar refractivity (Wildman–Crippen MR) is 177 cm³/mol. The summed E-state index contributed by atoms with van der Waals surface area (Å²) < 4.78 is 6.57. The van der Waals surface area contributed by atoms with Crippen molar-refractivity contribution in [1.29, 1.82) is 0 Å². The van der Waals surface area contributed by atoms with E-state index >= 15 is 0 Å². The number of benzene rings is 7. The summed E-state index contributed by atoms with van der Waals surface area (Å²) in [7, 11) is 0. The zero-order valence-electron chi connectivity index (χ0n) is 22.9. The predicted octanol–water partition coefficient (Wildman–Crippen LogP) is 11.5. The molecule has 198 valence electrons. The maximum absolute atomic E-state index is 6.57. The lowest BCUT2D eigenvalue weighted by molar-refractivity contribution is 0.669. The molecule has 8 aromatic rings. The largest absolute Gasteiger partial charge is 0.454 e. The van der Waals surface area contributed by atoms with Crippen molar-refractivity contribution in [3.05, 3.63) is 164 Å². The molecule has 0 amide bonds. The molecule has 0 aliphatic carbocycles. The van der Waals surface area contributed by atoms with Gasteiger partial charge in [0, 0.05) is 22.0 Å². The summed E-state index contributed by atoms with van der Waals surface area (Å²) in [6, 6.07) is 57.9. The van der Waals surface area contributed by atoms with Crippen molar-refractivity contribution < 1.29 is 4.42 Å².